The van der Waals surface area contributed by atoms with Gasteiger partial charge in [-0.2, -0.15) is 4.31 Å². The van der Waals surface area contributed by atoms with Crippen LogP contribution in [-0.2, 0) is 14.8 Å². The smallest absolute Gasteiger partial charge is 0.253 e. The van der Waals surface area contributed by atoms with E-state index in [4.69, 9.17) is 4.74 Å². The highest BCUT2D eigenvalue weighted by Gasteiger charge is 2.32. The molecule has 8 heteroatoms. The van der Waals surface area contributed by atoms with Crippen LogP contribution < -0.4 is 0 Å². The van der Waals surface area contributed by atoms with E-state index in [0.717, 1.165) is 25.9 Å². The van der Waals surface area contributed by atoms with Crippen molar-refractivity contribution < 1.29 is 17.9 Å². The zero-order valence-corrected chi connectivity index (χ0v) is 18.0. The number of sulfonamides is 1. The number of rotatable bonds is 4. The average Bonchev–Trinajstić information content (AvgIpc) is 2.67. The van der Waals surface area contributed by atoms with Gasteiger partial charge in [-0.15, -0.1) is 0 Å². The van der Waals surface area contributed by atoms with Crippen LogP contribution in [0.15, 0.2) is 29.2 Å². The lowest BCUT2D eigenvalue weighted by Gasteiger charge is -2.35. The van der Waals surface area contributed by atoms with Crippen LogP contribution in [0.1, 0.15) is 37.0 Å². The average molecular weight is 410 g/mol. The largest absolute Gasteiger partial charge is 0.373 e. The van der Waals surface area contributed by atoms with Gasteiger partial charge in [0.05, 0.1) is 17.1 Å². The molecule has 1 aromatic rings. The van der Waals surface area contributed by atoms with Crippen LogP contribution in [0, 0.1) is 0 Å². The maximum absolute atomic E-state index is 12.9. The molecule has 2 aliphatic heterocycles. The van der Waals surface area contributed by atoms with Crippen LogP contribution in [0.5, 0.6) is 0 Å². The lowest BCUT2D eigenvalue weighted by atomic mass is 10.0. The van der Waals surface area contributed by atoms with Gasteiger partial charge in [0.2, 0.25) is 10.0 Å². The van der Waals surface area contributed by atoms with Crippen molar-refractivity contribution >= 4 is 15.9 Å². The normalized spacial score (nSPS) is 25.6. The molecule has 0 unspecified atom stereocenters. The molecular weight excluding hydrogens is 378 g/mol. The fourth-order valence-corrected chi connectivity index (χ4v) is 5.59. The Hall–Kier alpha value is -1.48. The van der Waals surface area contributed by atoms with Crippen molar-refractivity contribution in [2.24, 2.45) is 0 Å². The molecule has 2 aliphatic rings. The van der Waals surface area contributed by atoms with E-state index in [-0.39, 0.29) is 29.1 Å². The SMILES string of the molecule is C[C@@H]1CN(S(=O)(=O)c2ccc(C(=O)N(C)C3CCN(C)CC3)cc2)C[C@@H](C)O1. The minimum Gasteiger partial charge on any atom is -0.373 e. The molecular formula is C20H31N3O4S. The van der Waals surface area contributed by atoms with Gasteiger partial charge in [-0.05, 0) is 71.1 Å². The number of nitrogens with zero attached hydrogens (tertiary/aromatic N) is 3. The molecule has 2 heterocycles. The van der Waals surface area contributed by atoms with Crippen molar-refractivity contribution in [3.8, 4) is 0 Å². The van der Waals surface area contributed by atoms with Gasteiger partial charge in [0, 0.05) is 31.7 Å². The first kappa shape index (κ1) is 21.2. The van der Waals surface area contributed by atoms with Crippen molar-refractivity contribution in [1.29, 1.82) is 0 Å². The Balaban J connectivity index is 1.71. The maximum atomic E-state index is 12.9. The van der Waals surface area contributed by atoms with Crippen molar-refractivity contribution in [2.45, 2.75) is 49.8 Å². The Morgan fingerprint density at radius 3 is 2.14 bits per heavy atom. The number of morpholine rings is 1. The molecule has 2 atom stereocenters. The maximum Gasteiger partial charge on any atom is 0.253 e. The molecule has 0 aromatic heterocycles. The van der Waals surface area contributed by atoms with E-state index < -0.39 is 10.0 Å². The lowest BCUT2D eigenvalue weighted by Crippen LogP contribution is -2.48. The molecule has 1 aromatic carbocycles. The minimum atomic E-state index is -3.59. The summed E-state index contributed by atoms with van der Waals surface area (Å²) < 4.78 is 33.0. The number of benzene rings is 1. The highest BCUT2D eigenvalue weighted by atomic mass is 32.2. The molecule has 0 bridgehead atoms. The summed E-state index contributed by atoms with van der Waals surface area (Å²) in [4.78, 5) is 17.1. The third kappa shape index (κ3) is 4.56. The van der Waals surface area contributed by atoms with Crippen LogP contribution in [0.25, 0.3) is 0 Å². The van der Waals surface area contributed by atoms with Crippen molar-refractivity contribution in [2.75, 3.05) is 40.3 Å². The number of likely N-dealkylation sites (tertiary alicyclic amines) is 1. The molecule has 0 radical (unpaired) electrons. The zero-order chi connectivity index (χ0) is 20.5. The second kappa shape index (κ2) is 8.49. The van der Waals surface area contributed by atoms with E-state index in [1.807, 2.05) is 20.9 Å². The van der Waals surface area contributed by atoms with E-state index in [1.54, 1.807) is 17.0 Å². The van der Waals surface area contributed by atoms with Crippen molar-refractivity contribution in [1.82, 2.24) is 14.1 Å². The van der Waals surface area contributed by atoms with E-state index in [0.29, 0.717) is 18.7 Å². The Labute approximate surface area is 168 Å². The number of hydrogen-bond acceptors (Lipinski definition) is 5. The van der Waals surface area contributed by atoms with E-state index in [2.05, 4.69) is 11.9 Å². The van der Waals surface area contributed by atoms with Crippen LogP contribution >= 0.6 is 0 Å². The van der Waals surface area contributed by atoms with Crippen LogP contribution in [0.4, 0.5) is 0 Å². The standard InChI is InChI=1S/C20H31N3O4S/c1-15-13-23(14-16(2)27-15)28(25,26)19-7-5-17(6-8-19)20(24)22(4)18-9-11-21(3)12-10-18/h5-8,15-16,18H,9-14H2,1-4H3/t15-,16-/m1/s1. The molecule has 3 rings (SSSR count). The summed E-state index contributed by atoms with van der Waals surface area (Å²) in [5.74, 6) is -0.0629. The third-order valence-corrected chi connectivity index (χ3v) is 7.53. The fraction of sp³-hybridized carbons (Fsp3) is 0.650. The van der Waals surface area contributed by atoms with Crippen molar-refractivity contribution in [3.05, 3.63) is 29.8 Å². The third-order valence-electron chi connectivity index (χ3n) is 5.68. The van der Waals surface area contributed by atoms with Gasteiger partial charge in [0.15, 0.2) is 0 Å². The summed E-state index contributed by atoms with van der Waals surface area (Å²) in [6.07, 6.45) is 1.64. The van der Waals surface area contributed by atoms with Gasteiger partial charge in [-0.1, -0.05) is 0 Å². The molecule has 0 saturated carbocycles. The first-order valence-corrected chi connectivity index (χ1v) is 11.3. The van der Waals surface area contributed by atoms with E-state index >= 15 is 0 Å². The van der Waals surface area contributed by atoms with Gasteiger partial charge in [0.25, 0.3) is 5.91 Å². The molecule has 156 valence electrons. The second-order valence-corrected chi connectivity index (χ2v) is 9.99. The van der Waals surface area contributed by atoms with Gasteiger partial charge in [0.1, 0.15) is 0 Å². The van der Waals surface area contributed by atoms with Crippen molar-refractivity contribution in [3.63, 3.8) is 0 Å². The van der Waals surface area contributed by atoms with Crippen LogP contribution in [0.2, 0.25) is 0 Å². The van der Waals surface area contributed by atoms with E-state index in [1.165, 1.54) is 16.4 Å². The number of amides is 1. The summed E-state index contributed by atoms with van der Waals surface area (Å²) in [6.45, 7) is 6.39. The highest BCUT2D eigenvalue weighted by molar-refractivity contribution is 7.89. The zero-order valence-electron chi connectivity index (χ0n) is 17.2. The summed E-state index contributed by atoms with van der Waals surface area (Å²) in [6, 6.07) is 6.54. The molecule has 2 fully saturated rings. The quantitative estimate of drug-likeness (QED) is 0.756. The molecule has 0 aliphatic carbocycles. The van der Waals surface area contributed by atoms with Gasteiger partial charge >= 0.3 is 0 Å². The number of ether oxygens (including phenoxy) is 1. The Morgan fingerprint density at radius 2 is 1.61 bits per heavy atom. The second-order valence-electron chi connectivity index (χ2n) is 8.05. The first-order valence-electron chi connectivity index (χ1n) is 9.90. The predicted octanol–water partition coefficient (Wildman–Crippen LogP) is 1.65. The van der Waals surface area contributed by atoms with E-state index in [9.17, 15) is 13.2 Å². The van der Waals surface area contributed by atoms with Crippen LogP contribution in [0.3, 0.4) is 0 Å². The summed E-state index contributed by atoms with van der Waals surface area (Å²) >= 11 is 0. The molecule has 0 N–H and O–H groups in total. The summed E-state index contributed by atoms with van der Waals surface area (Å²) in [5, 5.41) is 0. The molecule has 28 heavy (non-hydrogen) atoms. The Kier molecular flexibility index (Phi) is 6.44. The molecule has 7 nitrogen and oxygen atoms in total. The monoisotopic (exact) mass is 409 g/mol. The Morgan fingerprint density at radius 1 is 1.07 bits per heavy atom. The molecule has 0 spiro atoms. The predicted molar refractivity (Wildman–Crippen MR) is 108 cm³/mol. The first-order chi connectivity index (χ1) is 13.2. The topological polar surface area (TPSA) is 70.2 Å². The van der Waals surface area contributed by atoms with Gasteiger partial charge < -0.3 is 14.5 Å². The minimum absolute atomic E-state index is 0.0629. The fourth-order valence-electron chi connectivity index (χ4n) is 4.00. The van der Waals surface area contributed by atoms with Gasteiger partial charge in [-0.3, -0.25) is 4.79 Å². The summed E-state index contributed by atoms with van der Waals surface area (Å²) in [7, 11) is 0.329. The number of hydrogen-bond donors (Lipinski definition) is 0. The number of piperidine rings is 1. The van der Waals surface area contributed by atoms with Gasteiger partial charge in [-0.25, -0.2) is 8.42 Å². The summed E-state index contributed by atoms with van der Waals surface area (Å²) in [5.41, 5.74) is 0.518. The number of carbonyl (C=O) groups excluding carboxylic acids is 1. The molecule has 2 saturated heterocycles. The number of carbonyl (C=O) groups is 1. The molecule has 1 amide bonds. The highest BCUT2D eigenvalue weighted by Crippen LogP contribution is 2.22. The Bertz CT molecular complexity index is 778. The van der Waals surface area contributed by atoms with Crippen LogP contribution in [-0.4, -0.2) is 87.0 Å². The lowest BCUT2D eigenvalue weighted by molar-refractivity contribution is -0.0440.